The Morgan fingerprint density at radius 2 is 1.84 bits per heavy atom. The van der Waals surface area contributed by atoms with Crippen LogP contribution in [-0.2, 0) is 6.54 Å². The zero-order valence-electron chi connectivity index (χ0n) is 11.5. The van der Waals surface area contributed by atoms with Gasteiger partial charge in [0.05, 0.1) is 0 Å². The molecule has 19 heavy (non-hydrogen) atoms. The lowest BCUT2D eigenvalue weighted by atomic mass is 10.1. The van der Waals surface area contributed by atoms with Crippen molar-refractivity contribution in [1.82, 2.24) is 9.80 Å². The molecule has 1 aromatic rings. The summed E-state index contributed by atoms with van der Waals surface area (Å²) in [5.41, 5.74) is 1.42. The Balaban J connectivity index is 1.55. The molecule has 0 radical (unpaired) electrons. The summed E-state index contributed by atoms with van der Waals surface area (Å²) in [5.74, 6) is 0. The van der Waals surface area contributed by atoms with Crippen LogP contribution in [-0.4, -0.2) is 42.0 Å². The second kappa shape index (κ2) is 6.38. The Hall–Kier alpha value is -0.380. The molecule has 0 spiro atoms. The van der Waals surface area contributed by atoms with Crippen LogP contribution in [0.1, 0.15) is 31.2 Å². The number of rotatable bonds is 3. The summed E-state index contributed by atoms with van der Waals surface area (Å²) in [5, 5.41) is 0. The minimum Gasteiger partial charge on any atom is -0.299 e. The maximum Gasteiger partial charge on any atom is 0.0245 e. The van der Waals surface area contributed by atoms with Crippen molar-refractivity contribution in [3.63, 3.8) is 0 Å². The molecule has 0 bridgehead atoms. The van der Waals surface area contributed by atoms with Gasteiger partial charge in [-0.3, -0.25) is 9.80 Å². The van der Waals surface area contributed by atoms with E-state index >= 15 is 0 Å². The lowest BCUT2D eigenvalue weighted by Crippen LogP contribution is -2.40. The molecular weight excluding hydrogens is 300 g/mol. The van der Waals surface area contributed by atoms with Crippen molar-refractivity contribution in [2.75, 3.05) is 26.2 Å². The Morgan fingerprint density at radius 3 is 2.63 bits per heavy atom. The van der Waals surface area contributed by atoms with E-state index in [4.69, 9.17) is 0 Å². The summed E-state index contributed by atoms with van der Waals surface area (Å²) >= 11 is 3.66. The third-order valence-electron chi connectivity index (χ3n) is 4.51. The Kier molecular flexibility index (Phi) is 4.57. The smallest absolute Gasteiger partial charge is 0.0245 e. The van der Waals surface area contributed by atoms with Gasteiger partial charge in [0.25, 0.3) is 0 Å². The summed E-state index contributed by atoms with van der Waals surface area (Å²) in [6.07, 6.45) is 5.59. The highest BCUT2D eigenvalue weighted by Gasteiger charge is 2.28. The topological polar surface area (TPSA) is 6.48 Å². The summed E-state index contributed by atoms with van der Waals surface area (Å²) < 4.78 is 1.25. The predicted octanol–water partition coefficient (Wildman–Crippen LogP) is 3.51. The van der Waals surface area contributed by atoms with E-state index in [2.05, 4.69) is 50.0 Å². The summed E-state index contributed by atoms with van der Waals surface area (Å²) in [6, 6.07) is 9.42. The molecule has 1 aromatic carbocycles. The molecule has 2 aliphatic rings. The maximum absolute atomic E-state index is 3.66. The van der Waals surface area contributed by atoms with Gasteiger partial charge in [-0.15, -0.1) is 0 Å². The van der Waals surface area contributed by atoms with Crippen molar-refractivity contribution >= 4 is 15.9 Å². The number of hydrogen-bond acceptors (Lipinski definition) is 2. The van der Waals surface area contributed by atoms with Gasteiger partial charge in [0.15, 0.2) is 0 Å². The number of halogens is 1. The van der Waals surface area contributed by atoms with Crippen LogP contribution >= 0.6 is 15.9 Å². The molecule has 2 aliphatic heterocycles. The SMILES string of the molecule is Brc1ccccc1CN1CCC(N2CCCCC2)C1. The monoisotopic (exact) mass is 322 g/mol. The molecule has 0 N–H and O–H groups in total. The molecule has 2 fully saturated rings. The molecule has 0 saturated carbocycles. The summed E-state index contributed by atoms with van der Waals surface area (Å²) in [7, 11) is 0. The minimum atomic E-state index is 0.808. The van der Waals surface area contributed by atoms with Crippen LogP contribution in [0.5, 0.6) is 0 Å². The molecule has 3 heteroatoms. The molecule has 3 rings (SSSR count). The largest absolute Gasteiger partial charge is 0.299 e. The highest BCUT2D eigenvalue weighted by Crippen LogP contribution is 2.24. The minimum absolute atomic E-state index is 0.808. The van der Waals surface area contributed by atoms with Crippen LogP contribution in [0.15, 0.2) is 28.7 Å². The highest BCUT2D eigenvalue weighted by atomic mass is 79.9. The molecule has 0 aromatic heterocycles. The van der Waals surface area contributed by atoms with Gasteiger partial charge < -0.3 is 0 Å². The van der Waals surface area contributed by atoms with E-state index in [0.29, 0.717) is 0 Å². The summed E-state index contributed by atoms with van der Waals surface area (Å²) in [4.78, 5) is 5.34. The molecule has 1 unspecified atom stereocenters. The van der Waals surface area contributed by atoms with Crippen LogP contribution in [0.4, 0.5) is 0 Å². The van der Waals surface area contributed by atoms with E-state index in [1.807, 2.05) is 0 Å². The second-order valence-electron chi connectivity index (χ2n) is 5.87. The van der Waals surface area contributed by atoms with Crippen molar-refractivity contribution in [1.29, 1.82) is 0 Å². The fourth-order valence-corrected chi connectivity index (χ4v) is 3.82. The average molecular weight is 323 g/mol. The zero-order valence-corrected chi connectivity index (χ0v) is 13.1. The normalized spacial score (nSPS) is 25.8. The zero-order chi connectivity index (χ0) is 13.1. The Morgan fingerprint density at radius 1 is 1.05 bits per heavy atom. The van der Waals surface area contributed by atoms with Gasteiger partial charge in [-0.25, -0.2) is 0 Å². The lowest BCUT2D eigenvalue weighted by Gasteiger charge is -2.32. The molecule has 2 saturated heterocycles. The van der Waals surface area contributed by atoms with Crippen LogP contribution < -0.4 is 0 Å². The van der Waals surface area contributed by atoms with E-state index < -0.39 is 0 Å². The van der Waals surface area contributed by atoms with Crippen LogP contribution in [0, 0.1) is 0 Å². The molecule has 2 nitrogen and oxygen atoms in total. The highest BCUT2D eigenvalue weighted by molar-refractivity contribution is 9.10. The van der Waals surface area contributed by atoms with E-state index in [0.717, 1.165) is 12.6 Å². The van der Waals surface area contributed by atoms with Gasteiger partial charge in [0.1, 0.15) is 0 Å². The maximum atomic E-state index is 3.66. The summed E-state index contributed by atoms with van der Waals surface area (Å²) in [6.45, 7) is 6.25. The standard InChI is InChI=1S/C16H23BrN2/c17-16-7-3-2-6-14(16)12-18-11-8-15(13-18)19-9-4-1-5-10-19/h2-3,6-7,15H,1,4-5,8-13H2. The van der Waals surface area contributed by atoms with Crippen molar-refractivity contribution in [2.45, 2.75) is 38.3 Å². The first-order valence-electron chi connectivity index (χ1n) is 7.53. The molecule has 104 valence electrons. The molecule has 0 aliphatic carbocycles. The van der Waals surface area contributed by atoms with Gasteiger partial charge in [0.2, 0.25) is 0 Å². The van der Waals surface area contributed by atoms with Gasteiger partial charge in [0, 0.05) is 30.1 Å². The lowest BCUT2D eigenvalue weighted by molar-refractivity contribution is 0.161. The van der Waals surface area contributed by atoms with E-state index in [9.17, 15) is 0 Å². The third kappa shape index (κ3) is 3.39. The molecular formula is C16H23BrN2. The van der Waals surface area contributed by atoms with Gasteiger partial charge in [-0.1, -0.05) is 40.5 Å². The molecule has 2 heterocycles. The first-order valence-corrected chi connectivity index (χ1v) is 8.32. The van der Waals surface area contributed by atoms with Crippen LogP contribution in [0.25, 0.3) is 0 Å². The van der Waals surface area contributed by atoms with Crippen molar-refractivity contribution in [3.8, 4) is 0 Å². The number of benzene rings is 1. The van der Waals surface area contributed by atoms with Crippen molar-refractivity contribution in [2.24, 2.45) is 0 Å². The van der Waals surface area contributed by atoms with Crippen molar-refractivity contribution in [3.05, 3.63) is 34.3 Å². The predicted molar refractivity (Wildman–Crippen MR) is 83.2 cm³/mol. The average Bonchev–Trinajstić information content (AvgIpc) is 2.91. The number of hydrogen-bond donors (Lipinski definition) is 0. The van der Waals surface area contributed by atoms with E-state index in [-0.39, 0.29) is 0 Å². The fraction of sp³-hybridized carbons (Fsp3) is 0.625. The van der Waals surface area contributed by atoms with E-state index in [1.165, 1.54) is 61.9 Å². The number of piperidine rings is 1. The Labute approximate surface area is 124 Å². The Bertz CT molecular complexity index is 415. The quantitative estimate of drug-likeness (QED) is 0.840. The molecule has 1 atom stereocenters. The number of likely N-dealkylation sites (tertiary alicyclic amines) is 2. The second-order valence-corrected chi connectivity index (χ2v) is 6.72. The van der Waals surface area contributed by atoms with Crippen molar-refractivity contribution < 1.29 is 0 Å². The first kappa shape index (κ1) is 13.6. The molecule has 0 amide bonds. The van der Waals surface area contributed by atoms with Gasteiger partial charge in [-0.2, -0.15) is 0 Å². The third-order valence-corrected chi connectivity index (χ3v) is 5.28. The van der Waals surface area contributed by atoms with E-state index in [1.54, 1.807) is 0 Å². The van der Waals surface area contributed by atoms with Crippen LogP contribution in [0.3, 0.4) is 0 Å². The number of nitrogens with zero attached hydrogens (tertiary/aromatic N) is 2. The van der Waals surface area contributed by atoms with Gasteiger partial charge >= 0.3 is 0 Å². The van der Waals surface area contributed by atoms with Crippen LogP contribution in [0.2, 0.25) is 0 Å². The van der Waals surface area contributed by atoms with Gasteiger partial charge in [-0.05, 0) is 44.0 Å². The first-order chi connectivity index (χ1) is 9.33. The fourth-order valence-electron chi connectivity index (χ4n) is 3.40.